The minimum absolute atomic E-state index is 0.00512. The van der Waals surface area contributed by atoms with E-state index in [1.165, 1.54) is 4.31 Å². The Hall–Kier alpha value is -0.580. The summed E-state index contributed by atoms with van der Waals surface area (Å²) in [6.45, 7) is 0.318. The van der Waals surface area contributed by atoms with E-state index >= 15 is 0 Å². The molecule has 0 radical (unpaired) electrons. The third kappa shape index (κ3) is 4.21. The number of piperidine rings is 1. The molecule has 0 amide bonds. The quantitative estimate of drug-likeness (QED) is 0.698. The van der Waals surface area contributed by atoms with Crippen LogP contribution in [0.2, 0.25) is 5.02 Å². The van der Waals surface area contributed by atoms with Crippen LogP contribution in [-0.2, 0) is 15.0 Å². The highest BCUT2D eigenvalue weighted by Gasteiger charge is 2.32. The summed E-state index contributed by atoms with van der Waals surface area (Å²) < 4.78 is 29.0. The number of hydrogen-bond acceptors (Lipinski definition) is 3. The Bertz CT molecular complexity index is 653. The van der Waals surface area contributed by atoms with E-state index in [0.717, 1.165) is 0 Å². The molecular weight excluding hydrogens is 431 g/mol. The van der Waals surface area contributed by atoms with Gasteiger partial charge in [-0.3, -0.25) is 9.52 Å². The van der Waals surface area contributed by atoms with Crippen molar-refractivity contribution < 1.29 is 18.3 Å². The van der Waals surface area contributed by atoms with Crippen molar-refractivity contribution in [2.24, 2.45) is 5.92 Å². The average molecular weight is 445 g/mol. The highest BCUT2D eigenvalue weighted by molar-refractivity contribution is 14.1. The number of nitrogens with one attached hydrogen (secondary N) is 1. The molecule has 1 aromatic rings. The first kappa shape index (κ1) is 16.8. The van der Waals surface area contributed by atoms with E-state index < -0.39 is 22.1 Å². The zero-order valence-corrected chi connectivity index (χ0v) is 14.7. The van der Waals surface area contributed by atoms with Gasteiger partial charge in [0.15, 0.2) is 0 Å². The van der Waals surface area contributed by atoms with Gasteiger partial charge in [0.2, 0.25) is 0 Å². The van der Waals surface area contributed by atoms with Gasteiger partial charge in [-0.05, 0) is 53.6 Å². The number of rotatable bonds is 4. The SMILES string of the molecule is O=C(O)C1CCCN(S(=O)(=O)Nc2ccc(Cl)cc2I)C1. The van der Waals surface area contributed by atoms with Crippen molar-refractivity contribution in [3.05, 3.63) is 26.8 Å². The Morgan fingerprint density at radius 2 is 2.19 bits per heavy atom. The number of anilines is 1. The predicted molar refractivity (Wildman–Crippen MR) is 88.6 cm³/mol. The first-order valence-electron chi connectivity index (χ1n) is 6.25. The van der Waals surface area contributed by atoms with Gasteiger partial charge < -0.3 is 5.11 Å². The molecule has 6 nitrogen and oxygen atoms in total. The van der Waals surface area contributed by atoms with E-state index in [2.05, 4.69) is 4.72 Å². The van der Waals surface area contributed by atoms with E-state index in [1.54, 1.807) is 18.2 Å². The molecule has 1 unspecified atom stereocenters. The van der Waals surface area contributed by atoms with Gasteiger partial charge in [-0.25, -0.2) is 0 Å². The second-order valence-electron chi connectivity index (χ2n) is 4.77. The van der Waals surface area contributed by atoms with Crippen LogP contribution >= 0.6 is 34.2 Å². The van der Waals surface area contributed by atoms with Gasteiger partial charge in [0.25, 0.3) is 0 Å². The first-order valence-corrected chi connectivity index (χ1v) is 9.15. The van der Waals surface area contributed by atoms with Crippen molar-refractivity contribution in [1.29, 1.82) is 0 Å². The smallest absolute Gasteiger partial charge is 0.307 e. The highest BCUT2D eigenvalue weighted by atomic mass is 127. The first-order chi connectivity index (χ1) is 9.79. The normalized spacial score (nSPS) is 20.2. The van der Waals surface area contributed by atoms with E-state index in [-0.39, 0.29) is 6.54 Å². The largest absolute Gasteiger partial charge is 0.481 e. The van der Waals surface area contributed by atoms with Crippen LogP contribution in [-0.4, -0.2) is 36.9 Å². The van der Waals surface area contributed by atoms with Crippen LogP contribution in [0.15, 0.2) is 18.2 Å². The van der Waals surface area contributed by atoms with Crippen LogP contribution in [0.3, 0.4) is 0 Å². The Balaban J connectivity index is 2.16. The standard InChI is InChI=1S/C12H14ClIN2O4S/c13-9-3-4-11(10(14)6-9)15-21(19,20)16-5-1-2-8(7-16)12(17)18/h3-4,6,8,15H,1-2,5,7H2,(H,17,18). The molecule has 1 atom stereocenters. The van der Waals surface area contributed by atoms with Crippen LogP contribution < -0.4 is 4.72 Å². The highest BCUT2D eigenvalue weighted by Crippen LogP contribution is 2.25. The van der Waals surface area contributed by atoms with E-state index in [0.29, 0.717) is 33.7 Å². The molecule has 1 aliphatic heterocycles. The number of benzene rings is 1. The number of carbonyl (C=O) groups is 1. The molecule has 0 bridgehead atoms. The summed E-state index contributed by atoms with van der Waals surface area (Å²) in [4.78, 5) is 11.0. The summed E-state index contributed by atoms with van der Waals surface area (Å²) in [6, 6.07) is 4.83. The summed E-state index contributed by atoms with van der Waals surface area (Å²) in [5, 5.41) is 9.55. The van der Waals surface area contributed by atoms with Crippen molar-refractivity contribution in [2.75, 3.05) is 17.8 Å². The average Bonchev–Trinajstić information content (AvgIpc) is 2.42. The lowest BCUT2D eigenvalue weighted by atomic mass is 10.0. The molecule has 2 N–H and O–H groups in total. The Kier molecular flexibility index (Phi) is 5.33. The monoisotopic (exact) mass is 444 g/mol. The summed E-state index contributed by atoms with van der Waals surface area (Å²) in [7, 11) is -3.77. The fraction of sp³-hybridized carbons (Fsp3) is 0.417. The second-order valence-corrected chi connectivity index (χ2v) is 8.04. The molecule has 0 spiro atoms. The lowest BCUT2D eigenvalue weighted by Crippen LogP contribution is -2.44. The van der Waals surface area contributed by atoms with Crippen molar-refractivity contribution in [1.82, 2.24) is 4.31 Å². The topological polar surface area (TPSA) is 86.7 Å². The number of hydrogen-bond donors (Lipinski definition) is 2. The molecule has 2 rings (SSSR count). The van der Waals surface area contributed by atoms with Crippen molar-refractivity contribution >= 4 is 56.1 Å². The van der Waals surface area contributed by atoms with Crippen LogP contribution in [0, 0.1) is 9.49 Å². The molecule has 0 aromatic heterocycles. The number of carboxylic acids is 1. The van der Waals surface area contributed by atoms with E-state index in [4.69, 9.17) is 16.7 Å². The minimum atomic E-state index is -3.77. The zero-order chi connectivity index (χ0) is 15.6. The number of carboxylic acid groups (broad SMARTS) is 1. The molecule has 116 valence electrons. The van der Waals surface area contributed by atoms with Crippen molar-refractivity contribution in [3.8, 4) is 0 Å². The molecule has 0 aliphatic carbocycles. The van der Waals surface area contributed by atoms with Crippen LogP contribution in [0.5, 0.6) is 0 Å². The number of nitrogens with zero attached hydrogens (tertiary/aromatic N) is 1. The number of halogens is 2. The maximum atomic E-state index is 12.3. The van der Waals surface area contributed by atoms with Gasteiger partial charge in [0, 0.05) is 21.7 Å². The van der Waals surface area contributed by atoms with Crippen LogP contribution in [0.25, 0.3) is 0 Å². The van der Waals surface area contributed by atoms with Crippen molar-refractivity contribution in [3.63, 3.8) is 0 Å². The third-order valence-electron chi connectivity index (χ3n) is 3.24. The zero-order valence-electron chi connectivity index (χ0n) is 10.9. The Labute approximate surface area is 141 Å². The summed E-state index contributed by atoms with van der Waals surface area (Å²) in [5.41, 5.74) is 0.428. The van der Waals surface area contributed by atoms with E-state index in [9.17, 15) is 13.2 Å². The van der Waals surface area contributed by atoms with Crippen molar-refractivity contribution in [2.45, 2.75) is 12.8 Å². The molecule has 9 heteroatoms. The molecule has 1 fully saturated rings. The molecular formula is C12H14ClIN2O4S. The molecule has 1 aromatic carbocycles. The summed E-state index contributed by atoms with van der Waals surface area (Å²) in [6.07, 6.45) is 1.04. The maximum Gasteiger partial charge on any atom is 0.307 e. The molecule has 0 saturated carbocycles. The number of aliphatic carboxylic acids is 1. The molecule has 1 saturated heterocycles. The summed E-state index contributed by atoms with van der Waals surface area (Å²) >= 11 is 7.82. The van der Waals surface area contributed by atoms with Gasteiger partial charge in [-0.15, -0.1) is 0 Å². The Morgan fingerprint density at radius 1 is 1.48 bits per heavy atom. The van der Waals surface area contributed by atoms with Gasteiger partial charge >= 0.3 is 16.2 Å². The predicted octanol–water partition coefficient (Wildman–Crippen LogP) is 2.40. The second kappa shape index (κ2) is 6.67. The fourth-order valence-electron chi connectivity index (χ4n) is 2.14. The lowest BCUT2D eigenvalue weighted by Gasteiger charge is -2.30. The van der Waals surface area contributed by atoms with Gasteiger partial charge in [0.1, 0.15) is 0 Å². The molecule has 1 heterocycles. The van der Waals surface area contributed by atoms with Crippen LogP contribution in [0.4, 0.5) is 5.69 Å². The molecule has 21 heavy (non-hydrogen) atoms. The van der Waals surface area contributed by atoms with E-state index in [1.807, 2.05) is 22.6 Å². The maximum absolute atomic E-state index is 12.3. The Morgan fingerprint density at radius 3 is 2.81 bits per heavy atom. The van der Waals surface area contributed by atoms with Gasteiger partial charge in [0.05, 0.1) is 11.6 Å². The minimum Gasteiger partial charge on any atom is -0.481 e. The van der Waals surface area contributed by atoms with Gasteiger partial charge in [-0.2, -0.15) is 12.7 Å². The van der Waals surface area contributed by atoms with Gasteiger partial charge in [-0.1, -0.05) is 11.6 Å². The fourth-order valence-corrected chi connectivity index (χ4v) is 4.66. The lowest BCUT2D eigenvalue weighted by molar-refractivity contribution is -0.142. The molecule has 1 aliphatic rings. The summed E-state index contributed by atoms with van der Waals surface area (Å²) in [5.74, 6) is -1.62. The van der Waals surface area contributed by atoms with Crippen LogP contribution in [0.1, 0.15) is 12.8 Å². The third-order valence-corrected chi connectivity index (χ3v) is 5.86.